The van der Waals surface area contributed by atoms with Crippen LogP contribution in [0.15, 0.2) is 66.7 Å². The molecule has 1 spiro atoms. The van der Waals surface area contributed by atoms with Crippen LogP contribution in [0, 0.1) is 0 Å². The Hall–Kier alpha value is -4.48. The first-order valence-electron chi connectivity index (χ1n) is 14.3. The van der Waals surface area contributed by atoms with Gasteiger partial charge in [0.05, 0.1) is 29.8 Å². The summed E-state index contributed by atoms with van der Waals surface area (Å²) in [5, 5.41) is 19.2. The molecule has 3 aliphatic rings. The number of carbonyl (C=O) groups is 2. The second-order valence-corrected chi connectivity index (χ2v) is 11.4. The number of ether oxygens (including phenoxy) is 1. The Labute approximate surface area is 251 Å². The number of nitrogens with zero attached hydrogens (tertiary/aromatic N) is 2. The highest BCUT2D eigenvalue weighted by Gasteiger charge is 2.65. The number of hydrogen-bond donors (Lipinski definition) is 3. The number of carbonyl (C=O) groups excluding carboxylic acids is 1. The number of para-hydroxylation sites is 1. The van der Waals surface area contributed by atoms with E-state index in [1.54, 1.807) is 0 Å². The summed E-state index contributed by atoms with van der Waals surface area (Å²) in [5.74, 6) is -2.44. The first-order valence-corrected chi connectivity index (χ1v) is 14.3. The van der Waals surface area contributed by atoms with Gasteiger partial charge in [0.1, 0.15) is 0 Å². The number of aromatic amines is 1. The standard InChI is InChI=1S/C31H30N4O2.C2HF3O2/c1-20(16-21-6-8-22(9-7-21)19-35-12-14-37-15-13-35)29-24-11-10-23(17-28(24)33-34-29)26-18-31(26)25-4-2-3-5-27(25)32-30(31)36;3-2(4,5)1(6)7/h2-11,16-17,26H,12-15,18-19H2,1H3,(H,32,36)(H,33,34);(H,6,7)/b20-16+;/t26-,31-;/m0./s1. The van der Waals surface area contributed by atoms with E-state index in [2.05, 4.69) is 81.9 Å². The van der Waals surface area contributed by atoms with Crippen molar-refractivity contribution in [3.8, 4) is 0 Å². The number of alkyl halides is 3. The largest absolute Gasteiger partial charge is 0.490 e. The van der Waals surface area contributed by atoms with Gasteiger partial charge in [0.15, 0.2) is 0 Å². The maximum atomic E-state index is 12.9. The number of morpholine rings is 1. The van der Waals surface area contributed by atoms with Crippen molar-refractivity contribution in [3.63, 3.8) is 0 Å². The van der Waals surface area contributed by atoms with Gasteiger partial charge in [-0.25, -0.2) is 4.79 Å². The van der Waals surface area contributed by atoms with Crippen LogP contribution < -0.4 is 5.32 Å². The zero-order chi connectivity index (χ0) is 31.1. The topological polar surface area (TPSA) is 108 Å². The van der Waals surface area contributed by atoms with Gasteiger partial charge in [-0.3, -0.25) is 14.8 Å². The molecule has 2 fully saturated rings. The zero-order valence-corrected chi connectivity index (χ0v) is 23.9. The highest BCUT2D eigenvalue weighted by atomic mass is 19.4. The predicted molar refractivity (Wildman–Crippen MR) is 160 cm³/mol. The zero-order valence-electron chi connectivity index (χ0n) is 23.9. The van der Waals surface area contributed by atoms with Crippen molar-refractivity contribution in [2.75, 3.05) is 31.6 Å². The van der Waals surface area contributed by atoms with E-state index in [0.29, 0.717) is 0 Å². The molecule has 0 bridgehead atoms. The number of H-pyrrole nitrogens is 1. The van der Waals surface area contributed by atoms with Gasteiger partial charge in [0.2, 0.25) is 5.91 Å². The monoisotopic (exact) mass is 604 g/mol. The molecule has 228 valence electrons. The summed E-state index contributed by atoms with van der Waals surface area (Å²) in [6, 6.07) is 23.4. The number of allylic oxidation sites excluding steroid dienone is 1. The van der Waals surface area contributed by atoms with Crippen molar-refractivity contribution in [2.45, 2.75) is 37.4 Å². The Balaban J connectivity index is 0.000000441. The van der Waals surface area contributed by atoms with Crippen LogP contribution in [0.2, 0.25) is 0 Å². The van der Waals surface area contributed by atoms with Gasteiger partial charge < -0.3 is 15.2 Å². The third-order valence-corrected chi connectivity index (χ3v) is 8.50. The fourth-order valence-corrected chi connectivity index (χ4v) is 6.16. The van der Waals surface area contributed by atoms with Crippen molar-refractivity contribution in [2.24, 2.45) is 0 Å². The van der Waals surface area contributed by atoms with Crippen LogP contribution in [0.4, 0.5) is 18.9 Å². The van der Waals surface area contributed by atoms with Crippen LogP contribution in [-0.2, 0) is 26.3 Å². The molecular formula is C33H31F3N4O4. The lowest BCUT2D eigenvalue weighted by Gasteiger charge is -2.26. The maximum Gasteiger partial charge on any atom is 0.490 e. The summed E-state index contributed by atoms with van der Waals surface area (Å²) in [4.78, 5) is 24.2. The number of benzene rings is 3. The highest BCUT2D eigenvalue weighted by molar-refractivity contribution is 6.10. The number of aromatic nitrogens is 2. The van der Waals surface area contributed by atoms with Gasteiger partial charge in [0.25, 0.3) is 0 Å². The number of amides is 1. The summed E-state index contributed by atoms with van der Waals surface area (Å²) in [5.41, 5.74) is 8.44. The van der Waals surface area contributed by atoms with E-state index in [0.717, 1.165) is 72.7 Å². The van der Waals surface area contributed by atoms with Crippen LogP contribution in [0.1, 0.15) is 47.2 Å². The summed E-state index contributed by atoms with van der Waals surface area (Å²) >= 11 is 0. The lowest BCUT2D eigenvalue weighted by atomic mass is 9.91. The Bertz CT molecular complexity index is 1740. The number of nitrogens with one attached hydrogen (secondary N) is 2. The summed E-state index contributed by atoms with van der Waals surface area (Å²) < 4.78 is 37.2. The number of carboxylic acid groups (broad SMARTS) is 1. The molecule has 2 atom stereocenters. The molecule has 3 N–H and O–H groups in total. The van der Waals surface area contributed by atoms with Gasteiger partial charge in [-0.1, -0.05) is 54.6 Å². The molecule has 0 radical (unpaired) electrons. The Kier molecular flexibility index (Phi) is 7.77. The molecule has 0 unspecified atom stereocenters. The van der Waals surface area contributed by atoms with Gasteiger partial charge in [-0.05, 0) is 59.4 Å². The quantitative estimate of drug-likeness (QED) is 0.259. The minimum Gasteiger partial charge on any atom is -0.475 e. The normalized spacial score (nSPS) is 21.5. The molecule has 1 saturated carbocycles. The van der Waals surface area contributed by atoms with Crippen molar-refractivity contribution in [1.82, 2.24) is 15.1 Å². The molecule has 4 aromatic rings. The second kappa shape index (κ2) is 11.5. The molecule has 1 aromatic heterocycles. The molecule has 1 saturated heterocycles. The molecule has 1 aliphatic carbocycles. The lowest BCUT2D eigenvalue weighted by molar-refractivity contribution is -0.192. The third kappa shape index (κ3) is 5.72. The number of rotatable bonds is 5. The van der Waals surface area contributed by atoms with E-state index in [1.165, 1.54) is 16.7 Å². The van der Waals surface area contributed by atoms with Gasteiger partial charge in [0, 0.05) is 36.6 Å². The minimum absolute atomic E-state index is 0.124. The summed E-state index contributed by atoms with van der Waals surface area (Å²) in [7, 11) is 0. The average molecular weight is 605 g/mol. The predicted octanol–water partition coefficient (Wildman–Crippen LogP) is 5.97. The maximum absolute atomic E-state index is 12.9. The van der Waals surface area contributed by atoms with Gasteiger partial charge in [-0.2, -0.15) is 18.3 Å². The molecular weight excluding hydrogens is 573 g/mol. The van der Waals surface area contributed by atoms with Crippen molar-refractivity contribution in [3.05, 3.63) is 94.7 Å². The Morgan fingerprint density at radius 2 is 1.82 bits per heavy atom. The number of aliphatic carboxylic acids is 1. The average Bonchev–Trinajstić information content (AvgIpc) is 3.52. The SMILES string of the molecule is C/C(=C\c1ccc(CN2CCOCC2)cc1)c1n[nH]c2cc([C@@H]3C[C@@]34C(=O)Nc3ccccc34)ccc12.O=C(O)C(F)(F)F. The van der Waals surface area contributed by atoms with Crippen LogP contribution in [0.3, 0.4) is 0 Å². The second-order valence-electron chi connectivity index (χ2n) is 11.4. The van der Waals surface area contributed by atoms with E-state index in [1.807, 2.05) is 18.2 Å². The van der Waals surface area contributed by atoms with Crippen LogP contribution in [0.5, 0.6) is 0 Å². The molecule has 11 heteroatoms. The fourth-order valence-electron chi connectivity index (χ4n) is 6.16. The number of hydrogen-bond acceptors (Lipinski definition) is 5. The number of anilines is 1. The fraction of sp³-hybridized carbons (Fsp3) is 0.303. The number of halogens is 3. The highest BCUT2D eigenvalue weighted by Crippen LogP contribution is 2.65. The van der Waals surface area contributed by atoms with Gasteiger partial charge in [-0.15, -0.1) is 0 Å². The molecule has 3 heterocycles. The third-order valence-electron chi connectivity index (χ3n) is 8.50. The number of carboxylic acids is 1. The molecule has 2 aliphatic heterocycles. The molecule has 44 heavy (non-hydrogen) atoms. The lowest BCUT2D eigenvalue weighted by Crippen LogP contribution is -2.35. The van der Waals surface area contributed by atoms with Gasteiger partial charge >= 0.3 is 12.1 Å². The van der Waals surface area contributed by atoms with E-state index in [9.17, 15) is 18.0 Å². The molecule has 1 amide bonds. The molecule has 8 nitrogen and oxygen atoms in total. The summed E-state index contributed by atoms with van der Waals surface area (Å²) in [6.45, 7) is 6.72. The van der Waals surface area contributed by atoms with E-state index in [-0.39, 0.29) is 11.8 Å². The first-order chi connectivity index (χ1) is 21.1. The Morgan fingerprint density at radius 3 is 2.52 bits per heavy atom. The first kappa shape index (κ1) is 29.6. The van der Waals surface area contributed by atoms with Crippen molar-refractivity contribution < 1.29 is 32.6 Å². The van der Waals surface area contributed by atoms with Crippen molar-refractivity contribution in [1.29, 1.82) is 0 Å². The minimum atomic E-state index is -5.08. The van der Waals surface area contributed by atoms with Crippen LogP contribution in [-0.4, -0.2) is 64.6 Å². The van der Waals surface area contributed by atoms with Crippen LogP contribution in [0.25, 0.3) is 22.6 Å². The van der Waals surface area contributed by atoms with E-state index < -0.39 is 17.6 Å². The summed E-state index contributed by atoms with van der Waals surface area (Å²) in [6.07, 6.45) is -2.04. The number of fused-ring (bicyclic) bond motifs is 3. The van der Waals surface area contributed by atoms with Crippen LogP contribution >= 0.6 is 0 Å². The smallest absolute Gasteiger partial charge is 0.475 e. The molecule has 7 rings (SSSR count). The van der Waals surface area contributed by atoms with Crippen molar-refractivity contribution >= 4 is 40.1 Å². The van der Waals surface area contributed by atoms with E-state index in [4.69, 9.17) is 14.6 Å². The van der Waals surface area contributed by atoms with E-state index >= 15 is 0 Å². The Morgan fingerprint density at radius 1 is 1.11 bits per heavy atom. The molecule has 3 aromatic carbocycles.